The van der Waals surface area contributed by atoms with Gasteiger partial charge in [0.05, 0.1) is 22.4 Å². The highest BCUT2D eigenvalue weighted by molar-refractivity contribution is 8.01. The van der Waals surface area contributed by atoms with Crippen molar-refractivity contribution in [2.24, 2.45) is 5.73 Å². The molecule has 2 aromatic rings. The highest BCUT2D eigenvalue weighted by atomic mass is 32.2. The fraction of sp³-hybridized carbons (Fsp3) is 0.348. The van der Waals surface area contributed by atoms with Crippen LogP contribution in [0.2, 0.25) is 0 Å². The van der Waals surface area contributed by atoms with Crippen molar-refractivity contribution in [3.8, 4) is 0 Å². The van der Waals surface area contributed by atoms with Crippen molar-refractivity contribution >= 4 is 46.5 Å². The third-order valence-electron chi connectivity index (χ3n) is 5.15. The number of nitrogens with one attached hydrogen (secondary N) is 2. The van der Waals surface area contributed by atoms with Gasteiger partial charge in [0.1, 0.15) is 0 Å². The molecule has 2 aromatic carbocycles. The van der Waals surface area contributed by atoms with Crippen LogP contribution in [0, 0.1) is 6.92 Å². The Morgan fingerprint density at radius 1 is 1.06 bits per heavy atom. The zero-order chi connectivity index (χ0) is 22.4. The second-order valence-corrected chi connectivity index (χ2v) is 8.98. The lowest BCUT2D eigenvalue weighted by molar-refractivity contribution is -0.115. The molecule has 7 nitrogen and oxygen atoms in total. The van der Waals surface area contributed by atoms with E-state index in [0.29, 0.717) is 11.3 Å². The summed E-state index contributed by atoms with van der Waals surface area (Å²) < 4.78 is 0. The summed E-state index contributed by atoms with van der Waals surface area (Å²) in [6.45, 7) is 5.55. The Hall–Kier alpha value is -3.00. The largest absolute Gasteiger partial charge is 0.370 e. The number of anilines is 3. The molecule has 3 amide bonds. The fourth-order valence-electron chi connectivity index (χ4n) is 3.37. The van der Waals surface area contributed by atoms with Crippen LogP contribution < -0.4 is 21.3 Å². The van der Waals surface area contributed by atoms with Gasteiger partial charge in [0.15, 0.2) is 0 Å². The molecule has 1 atom stereocenters. The normalized spacial score (nSPS) is 14.2. The minimum Gasteiger partial charge on any atom is -0.370 e. The third-order valence-corrected chi connectivity index (χ3v) is 6.30. The van der Waals surface area contributed by atoms with Gasteiger partial charge in [0.25, 0.3) is 0 Å². The van der Waals surface area contributed by atoms with E-state index in [2.05, 4.69) is 15.5 Å². The molecule has 3 rings (SSSR count). The molecule has 0 saturated carbocycles. The standard InChI is InChI=1S/C23H28N4O3S/c1-15-5-8-18(9-6-15)25-21(28)14-31-16(2)23(30)26-19-13-17(22(24)29)7-10-20(19)27-11-3-4-12-27/h5-10,13,16H,3-4,11-12,14H2,1-2H3,(H2,24,29)(H,25,28)(H,26,30). The molecule has 0 bridgehead atoms. The maximum atomic E-state index is 12.8. The van der Waals surface area contributed by atoms with Gasteiger partial charge in [-0.3, -0.25) is 14.4 Å². The number of carbonyl (C=O) groups excluding carboxylic acids is 3. The van der Waals surface area contributed by atoms with E-state index in [1.807, 2.05) is 37.3 Å². The smallest absolute Gasteiger partial charge is 0.248 e. The van der Waals surface area contributed by atoms with E-state index < -0.39 is 11.2 Å². The summed E-state index contributed by atoms with van der Waals surface area (Å²) in [5, 5.41) is 5.30. The highest BCUT2D eigenvalue weighted by Crippen LogP contribution is 2.30. The SMILES string of the molecule is Cc1ccc(NC(=O)CSC(C)C(=O)Nc2cc(C(N)=O)ccc2N2CCCC2)cc1. The zero-order valence-electron chi connectivity index (χ0n) is 17.8. The lowest BCUT2D eigenvalue weighted by Crippen LogP contribution is -2.27. The molecule has 4 N–H and O–H groups in total. The van der Waals surface area contributed by atoms with Gasteiger partial charge < -0.3 is 21.3 Å². The first-order valence-electron chi connectivity index (χ1n) is 10.3. The summed E-state index contributed by atoms with van der Waals surface area (Å²) in [6, 6.07) is 12.7. The van der Waals surface area contributed by atoms with Gasteiger partial charge in [-0.25, -0.2) is 0 Å². The van der Waals surface area contributed by atoms with Crippen LogP contribution in [0.5, 0.6) is 0 Å². The van der Waals surface area contributed by atoms with E-state index in [1.165, 1.54) is 11.8 Å². The molecule has 1 aliphatic heterocycles. The van der Waals surface area contributed by atoms with Crippen LogP contribution in [0.4, 0.5) is 17.1 Å². The van der Waals surface area contributed by atoms with Crippen LogP contribution in [0.25, 0.3) is 0 Å². The average molecular weight is 441 g/mol. The Morgan fingerprint density at radius 3 is 2.39 bits per heavy atom. The maximum Gasteiger partial charge on any atom is 0.248 e. The quantitative estimate of drug-likeness (QED) is 0.584. The van der Waals surface area contributed by atoms with Gasteiger partial charge in [-0.1, -0.05) is 17.7 Å². The van der Waals surface area contributed by atoms with Crippen LogP contribution in [0.15, 0.2) is 42.5 Å². The number of carbonyl (C=O) groups is 3. The first-order chi connectivity index (χ1) is 14.8. The number of rotatable bonds is 8. The van der Waals surface area contributed by atoms with Crippen LogP contribution in [-0.2, 0) is 9.59 Å². The topological polar surface area (TPSA) is 105 Å². The molecule has 8 heteroatoms. The summed E-state index contributed by atoms with van der Waals surface area (Å²) in [6.07, 6.45) is 2.18. The second kappa shape index (κ2) is 10.3. The summed E-state index contributed by atoms with van der Waals surface area (Å²) in [7, 11) is 0. The predicted molar refractivity (Wildman–Crippen MR) is 127 cm³/mol. The number of aryl methyl sites for hydroxylation is 1. The Balaban J connectivity index is 1.60. The molecule has 0 radical (unpaired) electrons. The molecule has 31 heavy (non-hydrogen) atoms. The van der Waals surface area contributed by atoms with Gasteiger partial charge in [-0.15, -0.1) is 11.8 Å². The van der Waals surface area contributed by atoms with Gasteiger partial charge in [0.2, 0.25) is 17.7 Å². The molecule has 0 aliphatic carbocycles. The van der Waals surface area contributed by atoms with E-state index in [4.69, 9.17) is 5.73 Å². The lowest BCUT2D eigenvalue weighted by Gasteiger charge is -2.23. The summed E-state index contributed by atoms with van der Waals surface area (Å²) in [5.74, 6) is -0.779. The molecule has 1 fully saturated rings. The number of amides is 3. The number of hydrogen-bond acceptors (Lipinski definition) is 5. The summed E-state index contributed by atoms with van der Waals surface area (Å²) in [4.78, 5) is 38.8. The van der Waals surface area contributed by atoms with Crippen LogP contribution in [0.1, 0.15) is 35.7 Å². The molecule has 0 aromatic heterocycles. The number of benzene rings is 2. The van der Waals surface area contributed by atoms with Crippen molar-refractivity contribution in [3.63, 3.8) is 0 Å². The van der Waals surface area contributed by atoms with E-state index in [0.717, 1.165) is 42.9 Å². The molecule has 1 aliphatic rings. The maximum absolute atomic E-state index is 12.8. The van der Waals surface area contributed by atoms with Crippen LogP contribution in [0.3, 0.4) is 0 Å². The molecular formula is C23H28N4O3S. The minimum absolute atomic E-state index is 0.156. The Labute approximate surface area is 186 Å². The van der Waals surface area contributed by atoms with Crippen LogP contribution >= 0.6 is 11.8 Å². The Kier molecular flexibility index (Phi) is 7.57. The van der Waals surface area contributed by atoms with Gasteiger partial charge in [-0.2, -0.15) is 0 Å². The Morgan fingerprint density at radius 2 is 1.74 bits per heavy atom. The first-order valence-corrected chi connectivity index (χ1v) is 11.4. The van der Waals surface area contributed by atoms with Crippen LogP contribution in [-0.4, -0.2) is 41.8 Å². The fourth-order valence-corrected chi connectivity index (χ4v) is 4.05. The van der Waals surface area contributed by atoms with Crippen molar-refractivity contribution in [1.82, 2.24) is 0 Å². The molecule has 1 saturated heterocycles. The number of thioether (sulfide) groups is 1. The minimum atomic E-state index is -0.543. The summed E-state index contributed by atoms with van der Waals surface area (Å²) in [5.41, 5.74) is 9.05. The molecular weight excluding hydrogens is 412 g/mol. The van der Waals surface area contributed by atoms with Crippen molar-refractivity contribution in [2.45, 2.75) is 31.9 Å². The first kappa shape index (κ1) is 22.7. The molecule has 1 unspecified atom stereocenters. The lowest BCUT2D eigenvalue weighted by atomic mass is 10.1. The second-order valence-electron chi connectivity index (χ2n) is 7.65. The molecule has 1 heterocycles. The van der Waals surface area contributed by atoms with E-state index in [-0.39, 0.29) is 17.6 Å². The van der Waals surface area contributed by atoms with Crippen molar-refractivity contribution in [1.29, 1.82) is 0 Å². The molecule has 164 valence electrons. The zero-order valence-corrected chi connectivity index (χ0v) is 18.6. The van der Waals surface area contributed by atoms with E-state index in [1.54, 1.807) is 19.1 Å². The van der Waals surface area contributed by atoms with Gasteiger partial charge in [-0.05, 0) is 57.0 Å². The monoisotopic (exact) mass is 440 g/mol. The number of hydrogen-bond donors (Lipinski definition) is 3. The van der Waals surface area contributed by atoms with Gasteiger partial charge >= 0.3 is 0 Å². The van der Waals surface area contributed by atoms with Gasteiger partial charge in [0, 0.05) is 24.3 Å². The van der Waals surface area contributed by atoms with Crippen molar-refractivity contribution in [2.75, 3.05) is 34.4 Å². The average Bonchev–Trinajstić information content (AvgIpc) is 3.28. The number of primary amides is 1. The third kappa shape index (κ3) is 6.24. The predicted octanol–water partition coefficient (Wildman–Crippen LogP) is 3.39. The van der Waals surface area contributed by atoms with Crippen molar-refractivity contribution < 1.29 is 14.4 Å². The number of nitrogens with zero attached hydrogens (tertiary/aromatic N) is 1. The number of nitrogens with two attached hydrogens (primary N) is 1. The summed E-state index contributed by atoms with van der Waals surface area (Å²) >= 11 is 1.25. The Bertz CT molecular complexity index is 956. The van der Waals surface area contributed by atoms with Crippen molar-refractivity contribution in [3.05, 3.63) is 53.6 Å². The van der Waals surface area contributed by atoms with E-state index in [9.17, 15) is 14.4 Å². The highest BCUT2D eigenvalue weighted by Gasteiger charge is 2.21. The van der Waals surface area contributed by atoms with E-state index >= 15 is 0 Å². The molecule has 0 spiro atoms.